The molecule has 2 atom stereocenters. The van der Waals surface area contributed by atoms with Crippen molar-refractivity contribution in [2.45, 2.75) is 44.4 Å². The van der Waals surface area contributed by atoms with Crippen LogP contribution in [0.4, 0.5) is 0 Å². The molecule has 1 fully saturated rings. The molecule has 3 rings (SSSR count). The number of hydrogen-bond donors (Lipinski definition) is 1. The average Bonchev–Trinajstić information content (AvgIpc) is 3.09. The Morgan fingerprint density at radius 1 is 0.966 bits per heavy atom. The van der Waals surface area contributed by atoms with E-state index in [9.17, 15) is 9.59 Å². The number of nitrogens with one attached hydrogen (secondary N) is 1. The average molecular weight is 395 g/mol. The number of carbonyl (C=O) groups excluding carboxylic acids is 2. The van der Waals surface area contributed by atoms with Gasteiger partial charge in [0.15, 0.2) is 0 Å². The second kappa shape index (κ2) is 7.99. The van der Waals surface area contributed by atoms with Crippen molar-refractivity contribution in [2.75, 3.05) is 14.1 Å². The minimum absolute atomic E-state index is 0.0173. The molecular weight excluding hydrogens is 364 g/mol. The maximum absolute atomic E-state index is 13.3. The van der Waals surface area contributed by atoms with Gasteiger partial charge in [0.2, 0.25) is 5.91 Å². The first-order valence-corrected chi connectivity index (χ1v) is 9.98. The fourth-order valence-electron chi connectivity index (χ4n) is 4.11. The highest BCUT2D eigenvalue weighted by Crippen LogP contribution is 2.45. The van der Waals surface area contributed by atoms with E-state index in [1.54, 1.807) is 19.0 Å². The number of amides is 1. The lowest BCUT2D eigenvalue weighted by atomic mass is 9.73. The number of benzene rings is 2. The summed E-state index contributed by atoms with van der Waals surface area (Å²) in [5.74, 6) is -0.793. The van der Waals surface area contributed by atoms with Crippen LogP contribution in [-0.2, 0) is 19.9 Å². The monoisotopic (exact) mass is 394 g/mol. The fourth-order valence-corrected chi connectivity index (χ4v) is 4.11. The van der Waals surface area contributed by atoms with Crippen molar-refractivity contribution in [3.8, 4) is 0 Å². The zero-order valence-corrected chi connectivity index (χ0v) is 17.8. The smallest absolute Gasteiger partial charge is 0.323 e. The molecule has 2 aromatic rings. The highest BCUT2D eigenvalue weighted by atomic mass is 16.6. The first-order chi connectivity index (χ1) is 13.6. The van der Waals surface area contributed by atoms with Gasteiger partial charge in [0.25, 0.3) is 0 Å². The third-order valence-electron chi connectivity index (χ3n) is 5.28. The first kappa shape index (κ1) is 21.1. The molecule has 0 aromatic heterocycles. The Labute approximate surface area is 173 Å². The number of hydrogen-bond acceptors (Lipinski definition) is 4. The van der Waals surface area contributed by atoms with Gasteiger partial charge >= 0.3 is 5.97 Å². The van der Waals surface area contributed by atoms with E-state index in [1.165, 1.54) is 0 Å². The van der Waals surface area contributed by atoms with E-state index in [1.807, 2.05) is 81.4 Å². The summed E-state index contributed by atoms with van der Waals surface area (Å²) in [7, 11) is 3.51. The van der Waals surface area contributed by atoms with Crippen LogP contribution < -0.4 is 5.32 Å². The van der Waals surface area contributed by atoms with Crippen LogP contribution in [0.3, 0.4) is 0 Å². The summed E-state index contributed by atoms with van der Waals surface area (Å²) < 4.78 is 5.65. The molecule has 0 bridgehead atoms. The molecule has 1 heterocycles. The maximum atomic E-state index is 13.3. The predicted octanol–water partition coefficient (Wildman–Crippen LogP) is 3.34. The van der Waals surface area contributed by atoms with Crippen LogP contribution in [0.2, 0.25) is 0 Å². The van der Waals surface area contributed by atoms with E-state index >= 15 is 0 Å². The minimum Gasteiger partial charge on any atom is -0.459 e. The van der Waals surface area contributed by atoms with Crippen LogP contribution in [0.1, 0.15) is 38.3 Å². The summed E-state index contributed by atoms with van der Waals surface area (Å²) in [6, 6.07) is 19.2. The minimum atomic E-state index is -0.814. The Morgan fingerprint density at radius 2 is 1.45 bits per heavy atom. The number of rotatable bonds is 4. The standard InChI is InChI=1S/C24H30N2O3/c1-23(2,3)29-22(28)20-16-19(21(27)26(4)5)24(25-20,17-12-8-6-9-13-17)18-14-10-7-11-15-18/h6-15,19-20,25H,16H2,1-5H3/t19-,20+/m0/s1. The van der Waals surface area contributed by atoms with Crippen LogP contribution in [0, 0.1) is 5.92 Å². The highest BCUT2D eigenvalue weighted by Gasteiger charge is 2.55. The van der Waals surface area contributed by atoms with Crippen molar-refractivity contribution in [3.63, 3.8) is 0 Å². The largest absolute Gasteiger partial charge is 0.459 e. The van der Waals surface area contributed by atoms with Gasteiger partial charge in [-0.2, -0.15) is 0 Å². The summed E-state index contributed by atoms with van der Waals surface area (Å²) in [6.07, 6.45) is 0.371. The Kier molecular flexibility index (Phi) is 5.80. The van der Waals surface area contributed by atoms with Gasteiger partial charge in [-0.15, -0.1) is 0 Å². The second-order valence-corrected chi connectivity index (χ2v) is 8.79. The molecule has 1 N–H and O–H groups in total. The third-order valence-corrected chi connectivity index (χ3v) is 5.28. The van der Waals surface area contributed by atoms with Gasteiger partial charge in [-0.05, 0) is 38.3 Å². The van der Waals surface area contributed by atoms with Crippen LogP contribution in [-0.4, -0.2) is 42.5 Å². The number of ether oxygens (including phenoxy) is 1. The van der Waals surface area contributed by atoms with Crippen molar-refractivity contribution in [1.29, 1.82) is 0 Å². The molecule has 1 amide bonds. The quantitative estimate of drug-likeness (QED) is 0.808. The summed E-state index contributed by atoms with van der Waals surface area (Å²) in [5, 5.41) is 3.52. The van der Waals surface area contributed by atoms with E-state index in [0.29, 0.717) is 6.42 Å². The molecule has 1 aliphatic heterocycles. The molecule has 154 valence electrons. The number of esters is 1. The predicted molar refractivity (Wildman–Crippen MR) is 113 cm³/mol. The second-order valence-electron chi connectivity index (χ2n) is 8.79. The van der Waals surface area contributed by atoms with E-state index < -0.39 is 23.1 Å². The summed E-state index contributed by atoms with van der Waals surface area (Å²) in [5.41, 5.74) is 0.505. The summed E-state index contributed by atoms with van der Waals surface area (Å²) in [4.78, 5) is 27.8. The lowest BCUT2D eigenvalue weighted by Crippen LogP contribution is -2.50. The molecule has 0 saturated carbocycles. The zero-order valence-electron chi connectivity index (χ0n) is 17.8. The molecule has 5 nitrogen and oxygen atoms in total. The first-order valence-electron chi connectivity index (χ1n) is 9.98. The van der Waals surface area contributed by atoms with Crippen LogP contribution in [0.15, 0.2) is 60.7 Å². The lowest BCUT2D eigenvalue weighted by molar-refractivity contribution is -0.157. The number of carbonyl (C=O) groups is 2. The van der Waals surface area contributed by atoms with Gasteiger partial charge in [-0.1, -0.05) is 60.7 Å². The molecular formula is C24H30N2O3. The molecule has 29 heavy (non-hydrogen) atoms. The van der Waals surface area contributed by atoms with Gasteiger partial charge < -0.3 is 9.64 Å². The molecule has 1 saturated heterocycles. The van der Waals surface area contributed by atoms with Gasteiger partial charge in [-0.3, -0.25) is 14.9 Å². The normalized spacial score (nSPS) is 20.9. The van der Waals surface area contributed by atoms with E-state index in [-0.39, 0.29) is 11.9 Å². The van der Waals surface area contributed by atoms with Crippen molar-refractivity contribution < 1.29 is 14.3 Å². The summed E-state index contributed by atoms with van der Waals surface area (Å²) in [6.45, 7) is 5.55. The van der Waals surface area contributed by atoms with Gasteiger partial charge in [0.05, 0.1) is 11.5 Å². The Morgan fingerprint density at radius 3 is 1.86 bits per heavy atom. The molecule has 5 heteroatoms. The van der Waals surface area contributed by atoms with E-state index in [2.05, 4.69) is 5.32 Å². The molecule has 0 aliphatic carbocycles. The topological polar surface area (TPSA) is 58.6 Å². The number of nitrogens with zero attached hydrogens (tertiary/aromatic N) is 1. The zero-order chi connectivity index (χ0) is 21.2. The van der Waals surface area contributed by atoms with Crippen molar-refractivity contribution in [1.82, 2.24) is 10.2 Å². The maximum Gasteiger partial charge on any atom is 0.323 e. The van der Waals surface area contributed by atoms with Crippen molar-refractivity contribution in [3.05, 3.63) is 71.8 Å². The fraction of sp³-hybridized carbons (Fsp3) is 0.417. The molecule has 2 aromatic carbocycles. The lowest BCUT2D eigenvalue weighted by Gasteiger charge is -2.37. The van der Waals surface area contributed by atoms with Gasteiger partial charge in [0.1, 0.15) is 11.6 Å². The van der Waals surface area contributed by atoms with Crippen LogP contribution in [0.5, 0.6) is 0 Å². The molecule has 1 aliphatic rings. The molecule has 0 unspecified atom stereocenters. The van der Waals surface area contributed by atoms with Crippen LogP contribution in [0.25, 0.3) is 0 Å². The molecule has 0 spiro atoms. The highest BCUT2D eigenvalue weighted by molar-refractivity contribution is 5.85. The Hall–Kier alpha value is -2.66. The summed E-state index contributed by atoms with van der Waals surface area (Å²) >= 11 is 0. The SMILES string of the molecule is CN(C)C(=O)[C@@H]1C[C@H](C(=O)OC(C)(C)C)NC1(c1ccccc1)c1ccccc1. The van der Waals surface area contributed by atoms with E-state index in [0.717, 1.165) is 11.1 Å². The third kappa shape index (κ3) is 4.20. The van der Waals surface area contributed by atoms with Gasteiger partial charge in [0, 0.05) is 14.1 Å². The Bertz CT molecular complexity index is 817. The van der Waals surface area contributed by atoms with Crippen LogP contribution >= 0.6 is 0 Å². The van der Waals surface area contributed by atoms with Crippen molar-refractivity contribution in [2.24, 2.45) is 5.92 Å². The molecule has 0 radical (unpaired) electrons. The van der Waals surface area contributed by atoms with E-state index in [4.69, 9.17) is 4.74 Å². The van der Waals surface area contributed by atoms with Crippen molar-refractivity contribution >= 4 is 11.9 Å². The Balaban J connectivity index is 2.14. The van der Waals surface area contributed by atoms with Gasteiger partial charge in [-0.25, -0.2) is 0 Å².